The van der Waals surface area contributed by atoms with Gasteiger partial charge in [0, 0.05) is 6.54 Å². The molecule has 0 aromatic heterocycles. The lowest BCUT2D eigenvalue weighted by atomic mass is 10.0. The third-order valence-corrected chi connectivity index (χ3v) is 2.54. The summed E-state index contributed by atoms with van der Waals surface area (Å²) in [5.41, 5.74) is -0.752. The first-order valence-corrected chi connectivity index (χ1v) is 5.43. The summed E-state index contributed by atoms with van der Waals surface area (Å²) >= 11 is 0. The molecule has 0 bridgehead atoms. The highest BCUT2D eigenvalue weighted by Crippen LogP contribution is 2.39. The second-order valence-corrected chi connectivity index (χ2v) is 3.68. The van der Waals surface area contributed by atoms with Crippen LogP contribution in [0.3, 0.4) is 0 Å². The van der Waals surface area contributed by atoms with Crippen molar-refractivity contribution in [2.75, 3.05) is 20.8 Å². The number of amides is 1. The minimum Gasteiger partial charge on any atom is -0.493 e. The van der Waals surface area contributed by atoms with Crippen molar-refractivity contribution in [3.63, 3.8) is 0 Å². The van der Waals surface area contributed by atoms with Gasteiger partial charge in [-0.05, 0) is 24.1 Å². The Balaban J connectivity index is 3.20. The van der Waals surface area contributed by atoms with Crippen LogP contribution in [0.25, 0.3) is 0 Å². The van der Waals surface area contributed by atoms with Gasteiger partial charge in [0.1, 0.15) is 0 Å². The summed E-state index contributed by atoms with van der Waals surface area (Å²) in [5, 5.41) is 2.32. The van der Waals surface area contributed by atoms with Gasteiger partial charge in [0.15, 0.2) is 11.5 Å². The molecule has 0 atom stereocenters. The lowest BCUT2D eigenvalue weighted by molar-refractivity contribution is -0.138. The maximum atomic E-state index is 12.9. The molecular formula is C12H14F3NO3. The SMILES string of the molecule is COc1cc(CCNC=O)c(C(F)(F)F)cc1OC. The Morgan fingerprint density at radius 1 is 1.21 bits per heavy atom. The number of hydrogen-bond acceptors (Lipinski definition) is 3. The maximum absolute atomic E-state index is 12.9. The van der Waals surface area contributed by atoms with E-state index in [1.807, 2.05) is 0 Å². The molecule has 1 rings (SSSR count). The Morgan fingerprint density at radius 3 is 2.26 bits per heavy atom. The summed E-state index contributed by atoms with van der Waals surface area (Å²) < 4.78 is 48.6. The van der Waals surface area contributed by atoms with E-state index in [4.69, 9.17) is 9.47 Å². The van der Waals surface area contributed by atoms with E-state index in [0.29, 0.717) is 6.41 Å². The van der Waals surface area contributed by atoms with Gasteiger partial charge in [-0.25, -0.2) is 0 Å². The first-order chi connectivity index (χ1) is 8.93. The van der Waals surface area contributed by atoms with Gasteiger partial charge in [0.2, 0.25) is 6.41 Å². The Bertz CT molecular complexity index is 447. The Hall–Kier alpha value is -1.92. The molecular weight excluding hydrogens is 263 g/mol. The van der Waals surface area contributed by atoms with E-state index in [2.05, 4.69) is 5.32 Å². The van der Waals surface area contributed by atoms with Crippen LogP contribution in [-0.4, -0.2) is 27.2 Å². The van der Waals surface area contributed by atoms with Gasteiger partial charge in [0.25, 0.3) is 0 Å². The number of nitrogens with one attached hydrogen (secondary N) is 1. The van der Waals surface area contributed by atoms with Gasteiger partial charge in [-0.3, -0.25) is 4.79 Å². The number of carbonyl (C=O) groups excluding carboxylic acids is 1. The average Bonchev–Trinajstić information content (AvgIpc) is 2.37. The second-order valence-electron chi connectivity index (χ2n) is 3.68. The highest BCUT2D eigenvalue weighted by Gasteiger charge is 2.34. The quantitative estimate of drug-likeness (QED) is 0.639. The molecule has 0 aliphatic heterocycles. The lowest BCUT2D eigenvalue weighted by Gasteiger charge is -2.16. The second kappa shape index (κ2) is 6.31. The van der Waals surface area contributed by atoms with Crippen molar-refractivity contribution in [1.82, 2.24) is 5.32 Å². The van der Waals surface area contributed by atoms with E-state index in [-0.39, 0.29) is 30.0 Å². The van der Waals surface area contributed by atoms with Crippen LogP contribution in [0.2, 0.25) is 0 Å². The van der Waals surface area contributed by atoms with Crippen LogP contribution in [-0.2, 0) is 17.4 Å². The summed E-state index contributed by atoms with van der Waals surface area (Å²) in [7, 11) is 2.62. The first kappa shape index (κ1) is 15.1. The van der Waals surface area contributed by atoms with Crippen molar-refractivity contribution in [2.24, 2.45) is 0 Å². The molecule has 4 nitrogen and oxygen atoms in total. The molecule has 0 heterocycles. The van der Waals surface area contributed by atoms with Gasteiger partial charge in [-0.15, -0.1) is 0 Å². The first-order valence-electron chi connectivity index (χ1n) is 5.43. The highest BCUT2D eigenvalue weighted by molar-refractivity contribution is 5.49. The highest BCUT2D eigenvalue weighted by atomic mass is 19.4. The Morgan fingerprint density at radius 2 is 1.79 bits per heavy atom. The van der Waals surface area contributed by atoms with Crippen LogP contribution >= 0.6 is 0 Å². The maximum Gasteiger partial charge on any atom is 0.416 e. The fourth-order valence-corrected chi connectivity index (χ4v) is 1.66. The van der Waals surface area contributed by atoms with E-state index >= 15 is 0 Å². The lowest BCUT2D eigenvalue weighted by Crippen LogP contribution is -2.17. The summed E-state index contributed by atoms with van der Waals surface area (Å²) in [5.74, 6) is 0.235. The van der Waals surface area contributed by atoms with Crippen LogP contribution in [0.4, 0.5) is 13.2 Å². The van der Waals surface area contributed by atoms with Crippen molar-refractivity contribution in [1.29, 1.82) is 0 Å². The molecule has 0 radical (unpaired) electrons. The Labute approximate surface area is 108 Å². The largest absolute Gasteiger partial charge is 0.493 e. The van der Waals surface area contributed by atoms with Crippen LogP contribution in [0.1, 0.15) is 11.1 Å². The molecule has 19 heavy (non-hydrogen) atoms. The van der Waals surface area contributed by atoms with Gasteiger partial charge in [-0.1, -0.05) is 0 Å². The van der Waals surface area contributed by atoms with Crippen LogP contribution in [0.5, 0.6) is 11.5 Å². The van der Waals surface area contributed by atoms with E-state index in [1.54, 1.807) is 0 Å². The molecule has 0 saturated carbocycles. The van der Waals surface area contributed by atoms with E-state index < -0.39 is 11.7 Å². The van der Waals surface area contributed by atoms with Crippen molar-refractivity contribution in [3.8, 4) is 11.5 Å². The topological polar surface area (TPSA) is 47.6 Å². The molecule has 0 saturated heterocycles. The molecule has 0 aliphatic rings. The monoisotopic (exact) mass is 277 g/mol. The van der Waals surface area contributed by atoms with Gasteiger partial charge in [0.05, 0.1) is 19.8 Å². The van der Waals surface area contributed by atoms with Gasteiger partial charge < -0.3 is 14.8 Å². The number of ether oxygens (including phenoxy) is 2. The summed E-state index contributed by atoms with van der Waals surface area (Å²) in [6.45, 7) is 0.113. The molecule has 106 valence electrons. The molecule has 0 spiro atoms. The molecule has 1 N–H and O–H groups in total. The minimum atomic E-state index is -4.49. The Kier molecular flexibility index (Phi) is 5.02. The number of hydrogen-bond donors (Lipinski definition) is 1. The number of benzene rings is 1. The summed E-state index contributed by atoms with van der Waals surface area (Å²) in [6, 6.07) is 2.17. The molecule has 0 unspecified atom stereocenters. The van der Waals surface area contributed by atoms with E-state index in [0.717, 1.165) is 6.07 Å². The number of carbonyl (C=O) groups is 1. The van der Waals surface area contributed by atoms with Crippen LogP contribution < -0.4 is 14.8 Å². The molecule has 0 aliphatic carbocycles. The molecule has 7 heteroatoms. The van der Waals surface area contributed by atoms with Crippen molar-refractivity contribution in [2.45, 2.75) is 12.6 Å². The number of halogens is 3. The normalized spacial score (nSPS) is 11.0. The fourth-order valence-electron chi connectivity index (χ4n) is 1.66. The van der Waals surface area contributed by atoms with Crippen molar-refractivity contribution >= 4 is 6.41 Å². The molecule has 0 fully saturated rings. The molecule has 1 aromatic carbocycles. The number of alkyl halides is 3. The minimum absolute atomic E-state index is 0.0157. The van der Waals surface area contributed by atoms with Crippen LogP contribution in [0.15, 0.2) is 12.1 Å². The summed E-state index contributed by atoms with van der Waals surface area (Å²) in [6.07, 6.45) is -4.00. The summed E-state index contributed by atoms with van der Waals surface area (Å²) in [4.78, 5) is 10.1. The molecule has 1 aromatic rings. The standard InChI is InChI=1S/C12H14F3NO3/c1-18-10-5-8(3-4-16-7-17)9(12(13,14)15)6-11(10)19-2/h5-7H,3-4H2,1-2H3,(H,16,17). The zero-order chi connectivity index (χ0) is 14.5. The zero-order valence-electron chi connectivity index (χ0n) is 10.5. The van der Waals surface area contributed by atoms with Crippen molar-refractivity contribution < 1.29 is 27.4 Å². The predicted molar refractivity (Wildman–Crippen MR) is 62.3 cm³/mol. The third kappa shape index (κ3) is 3.77. The predicted octanol–water partition coefficient (Wildman–Crippen LogP) is 2.01. The van der Waals surface area contributed by atoms with E-state index in [9.17, 15) is 18.0 Å². The van der Waals surface area contributed by atoms with Gasteiger partial charge in [-0.2, -0.15) is 13.2 Å². The smallest absolute Gasteiger partial charge is 0.416 e. The fraction of sp³-hybridized carbons (Fsp3) is 0.417. The zero-order valence-corrected chi connectivity index (χ0v) is 10.5. The van der Waals surface area contributed by atoms with Gasteiger partial charge >= 0.3 is 6.18 Å². The van der Waals surface area contributed by atoms with Crippen molar-refractivity contribution in [3.05, 3.63) is 23.3 Å². The number of methoxy groups -OCH3 is 2. The number of rotatable bonds is 6. The average molecular weight is 277 g/mol. The van der Waals surface area contributed by atoms with E-state index in [1.165, 1.54) is 20.3 Å². The van der Waals surface area contributed by atoms with Crippen LogP contribution in [0, 0.1) is 0 Å². The third-order valence-electron chi connectivity index (χ3n) is 2.54. The molecule has 1 amide bonds.